The van der Waals surface area contributed by atoms with E-state index in [1.54, 1.807) is 54.9 Å². The fraction of sp³-hybridized carbons (Fsp3) is 0.240. The van der Waals surface area contributed by atoms with Crippen molar-refractivity contribution >= 4 is 22.8 Å². The van der Waals surface area contributed by atoms with Crippen LogP contribution in [0, 0.1) is 0 Å². The number of nitrogens with one attached hydrogen (secondary N) is 1. The molecule has 1 saturated heterocycles. The maximum Gasteiger partial charge on any atom is 0.329 e. The molecule has 1 amide bonds. The Morgan fingerprint density at radius 3 is 2.49 bits per heavy atom. The predicted molar refractivity (Wildman–Crippen MR) is 131 cm³/mol. The molecule has 0 atom stereocenters. The van der Waals surface area contributed by atoms with Crippen LogP contribution in [0.3, 0.4) is 0 Å². The molecule has 10 nitrogen and oxygen atoms in total. The summed E-state index contributed by atoms with van der Waals surface area (Å²) in [6.45, 7) is 2.61. The fourth-order valence-corrected chi connectivity index (χ4v) is 4.37. The van der Waals surface area contributed by atoms with Crippen molar-refractivity contribution in [3.8, 4) is 5.75 Å². The van der Waals surface area contributed by atoms with E-state index in [9.17, 15) is 14.4 Å². The largest absolute Gasteiger partial charge is 0.496 e. The second kappa shape index (κ2) is 9.41. The number of ether oxygens (including phenoxy) is 1. The zero-order valence-corrected chi connectivity index (χ0v) is 19.2. The number of methoxy groups -OCH3 is 1. The molecule has 10 heteroatoms. The SMILES string of the molecule is COc1cccc2c1c(=O)[nH]c(=O)n2Cc1cccc(C(=O)N2CCN(c3ncccn3)CC2)c1. The van der Waals surface area contributed by atoms with Crippen LogP contribution < -0.4 is 20.9 Å². The third-order valence-corrected chi connectivity index (χ3v) is 6.12. The average Bonchev–Trinajstić information content (AvgIpc) is 2.91. The van der Waals surface area contributed by atoms with Gasteiger partial charge in [-0.05, 0) is 35.9 Å². The third kappa shape index (κ3) is 4.37. The highest BCUT2D eigenvalue weighted by Gasteiger charge is 2.23. The van der Waals surface area contributed by atoms with Gasteiger partial charge in [-0.1, -0.05) is 18.2 Å². The molecule has 5 rings (SSSR count). The number of fused-ring (bicyclic) bond motifs is 1. The molecule has 1 fully saturated rings. The Kier molecular flexibility index (Phi) is 6.01. The van der Waals surface area contributed by atoms with Gasteiger partial charge >= 0.3 is 5.69 Å². The van der Waals surface area contributed by atoms with Gasteiger partial charge in [0, 0.05) is 44.1 Å². The molecular formula is C25H24N6O4. The first-order valence-electron chi connectivity index (χ1n) is 11.2. The summed E-state index contributed by atoms with van der Waals surface area (Å²) in [5.41, 5.74) is 0.764. The molecule has 2 aromatic heterocycles. The summed E-state index contributed by atoms with van der Waals surface area (Å²) in [6.07, 6.45) is 3.41. The van der Waals surface area contributed by atoms with Gasteiger partial charge in [0.2, 0.25) is 5.95 Å². The van der Waals surface area contributed by atoms with Crippen molar-refractivity contribution in [2.75, 3.05) is 38.2 Å². The van der Waals surface area contributed by atoms with E-state index in [0.717, 1.165) is 5.56 Å². The summed E-state index contributed by atoms with van der Waals surface area (Å²) in [6, 6.07) is 14.1. The Labute approximate surface area is 200 Å². The number of hydrogen-bond donors (Lipinski definition) is 1. The minimum atomic E-state index is -0.522. The number of benzene rings is 2. The van der Waals surface area contributed by atoms with E-state index in [1.807, 2.05) is 11.0 Å². The van der Waals surface area contributed by atoms with Crippen molar-refractivity contribution in [2.45, 2.75) is 6.54 Å². The van der Waals surface area contributed by atoms with Crippen LogP contribution in [0.1, 0.15) is 15.9 Å². The molecule has 2 aromatic carbocycles. The van der Waals surface area contributed by atoms with Crippen molar-refractivity contribution in [3.63, 3.8) is 0 Å². The number of rotatable bonds is 5. The number of piperazine rings is 1. The molecule has 0 radical (unpaired) electrons. The smallest absolute Gasteiger partial charge is 0.329 e. The third-order valence-electron chi connectivity index (χ3n) is 6.12. The molecule has 3 heterocycles. The highest BCUT2D eigenvalue weighted by molar-refractivity contribution is 5.94. The minimum absolute atomic E-state index is 0.0687. The lowest BCUT2D eigenvalue weighted by Gasteiger charge is -2.34. The normalized spacial score (nSPS) is 13.7. The van der Waals surface area contributed by atoms with Gasteiger partial charge in [-0.3, -0.25) is 19.1 Å². The van der Waals surface area contributed by atoms with Gasteiger partial charge in [0.05, 0.1) is 19.2 Å². The van der Waals surface area contributed by atoms with Gasteiger partial charge in [0.25, 0.3) is 11.5 Å². The summed E-state index contributed by atoms with van der Waals surface area (Å²) < 4.78 is 6.78. The predicted octanol–water partition coefficient (Wildman–Crippen LogP) is 1.50. The second-order valence-electron chi connectivity index (χ2n) is 8.23. The Bertz CT molecular complexity index is 1490. The number of H-pyrrole nitrogens is 1. The molecule has 0 aliphatic carbocycles. The molecule has 0 saturated carbocycles. The number of nitrogens with zero attached hydrogens (tertiary/aromatic N) is 5. The molecule has 0 bridgehead atoms. The Balaban J connectivity index is 1.37. The van der Waals surface area contributed by atoms with E-state index in [-0.39, 0.29) is 12.5 Å². The maximum atomic E-state index is 13.2. The zero-order valence-electron chi connectivity index (χ0n) is 19.2. The molecule has 1 N–H and O–H groups in total. The van der Waals surface area contributed by atoms with Crippen molar-refractivity contribution in [1.29, 1.82) is 0 Å². The monoisotopic (exact) mass is 472 g/mol. The van der Waals surface area contributed by atoms with E-state index in [2.05, 4.69) is 19.9 Å². The summed E-state index contributed by atoms with van der Waals surface area (Å²) >= 11 is 0. The Morgan fingerprint density at radius 1 is 1.00 bits per heavy atom. The van der Waals surface area contributed by atoms with E-state index in [0.29, 0.717) is 54.3 Å². The van der Waals surface area contributed by atoms with Crippen LogP contribution in [0.25, 0.3) is 10.9 Å². The Morgan fingerprint density at radius 2 is 1.74 bits per heavy atom. The van der Waals surface area contributed by atoms with Gasteiger partial charge in [0.1, 0.15) is 11.1 Å². The van der Waals surface area contributed by atoms with Crippen molar-refractivity contribution in [2.24, 2.45) is 0 Å². The zero-order chi connectivity index (χ0) is 24.4. The second-order valence-corrected chi connectivity index (χ2v) is 8.23. The molecule has 4 aromatic rings. The lowest BCUT2D eigenvalue weighted by atomic mass is 10.1. The van der Waals surface area contributed by atoms with Crippen LogP contribution in [0.2, 0.25) is 0 Å². The number of aromatic nitrogens is 4. The molecule has 35 heavy (non-hydrogen) atoms. The first kappa shape index (κ1) is 22.3. The fourth-order valence-electron chi connectivity index (χ4n) is 4.37. The highest BCUT2D eigenvalue weighted by atomic mass is 16.5. The van der Waals surface area contributed by atoms with Crippen molar-refractivity contribution < 1.29 is 9.53 Å². The molecule has 178 valence electrons. The molecule has 0 unspecified atom stereocenters. The van der Waals surface area contributed by atoms with Gasteiger partial charge in [-0.15, -0.1) is 0 Å². The lowest BCUT2D eigenvalue weighted by molar-refractivity contribution is 0.0746. The van der Waals surface area contributed by atoms with Crippen molar-refractivity contribution in [1.82, 2.24) is 24.4 Å². The van der Waals surface area contributed by atoms with E-state index in [4.69, 9.17) is 4.74 Å². The van der Waals surface area contributed by atoms with Crippen LogP contribution in [-0.2, 0) is 6.54 Å². The number of hydrogen-bond acceptors (Lipinski definition) is 7. The first-order chi connectivity index (χ1) is 17.0. The topological polar surface area (TPSA) is 113 Å². The quantitative estimate of drug-likeness (QED) is 0.468. The number of amides is 1. The van der Waals surface area contributed by atoms with Crippen LogP contribution in [0.4, 0.5) is 5.95 Å². The standard InChI is InChI=1S/C25H24N6O4/c1-35-20-8-3-7-19-21(20)22(32)28-25(34)31(19)16-17-5-2-6-18(15-17)23(33)29-11-13-30(14-12-29)24-26-9-4-10-27-24/h2-10,15H,11-14,16H2,1H3,(H,28,32,34). The molecule has 1 aliphatic heterocycles. The van der Waals surface area contributed by atoms with Crippen LogP contribution >= 0.6 is 0 Å². The van der Waals surface area contributed by atoms with Gasteiger partial charge in [0.15, 0.2) is 0 Å². The van der Waals surface area contributed by atoms with Crippen LogP contribution in [0.15, 0.2) is 70.5 Å². The van der Waals surface area contributed by atoms with Crippen molar-refractivity contribution in [3.05, 3.63) is 92.9 Å². The Hall–Kier alpha value is -4.47. The first-order valence-corrected chi connectivity index (χ1v) is 11.2. The number of carbonyl (C=O) groups is 1. The van der Waals surface area contributed by atoms with Crippen LogP contribution in [-0.4, -0.2) is 63.6 Å². The lowest BCUT2D eigenvalue weighted by Crippen LogP contribution is -2.49. The highest BCUT2D eigenvalue weighted by Crippen LogP contribution is 2.21. The summed E-state index contributed by atoms with van der Waals surface area (Å²) in [4.78, 5) is 53.0. The van der Waals surface area contributed by atoms with Gasteiger partial charge < -0.3 is 14.5 Å². The summed E-state index contributed by atoms with van der Waals surface area (Å²) in [5.74, 6) is 0.985. The average molecular weight is 473 g/mol. The summed E-state index contributed by atoms with van der Waals surface area (Å²) in [7, 11) is 1.48. The number of carbonyl (C=O) groups excluding carboxylic acids is 1. The van der Waals surface area contributed by atoms with E-state index >= 15 is 0 Å². The molecule has 1 aliphatic rings. The maximum absolute atomic E-state index is 13.2. The molecular weight excluding hydrogens is 448 g/mol. The van der Waals surface area contributed by atoms with Crippen LogP contribution in [0.5, 0.6) is 5.75 Å². The molecule has 0 spiro atoms. The number of aromatic amines is 1. The van der Waals surface area contributed by atoms with E-state index < -0.39 is 11.2 Å². The van der Waals surface area contributed by atoms with E-state index in [1.165, 1.54) is 11.7 Å². The van der Waals surface area contributed by atoms with Gasteiger partial charge in [-0.2, -0.15) is 0 Å². The minimum Gasteiger partial charge on any atom is -0.496 e. The number of anilines is 1. The summed E-state index contributed by atoms with van der Waals surface area (Å²) in [5, 5.41) is 0.307. The van der Waals surface area contributed by atoms with Gasteiger partial charge in [-0.25, -0.2) is 14.8 Å².